The topological polar surface area (TPSA) is 71.4 Å². The molecule has 76 valence electrons. The van der Waals surface area contributed by atoms with Crippen molar-refractivity contribution < 1.29 is 18.3 Å². The molecule has 0 amide bonds. The van der Waals surface area contributed by atoms with Crippen LogP contribution in [0.4, 0.5) is 0 Å². The van der Waals surface area contributed by atoms with Crippen LogP contribution in [-0.4, -0.2) is 24.7 Å². The van der Waals surface area contributed by atoms with Crippen LogP contribution < -0.4 is 0 Å². The van der Waals surface area contributed by atoms with Crippen molar-refractivity contribution in [3.63, 3.8) is 0 Å². The summed E-state index contributed by atoms with van der Waals surface area (Å²) in [5.74, 6) is -1.34. The molecular weight excluding hydrogens is 204 g/mol. The molecule has 1 atom stereocenters. The van der Waals surface area contributed by atoms with Gasteiger partial charge in [-0.05, 0) is 19.1 Å². The Kier molecular flexibility index (Phi) is 2.90. The predicted molar refractivity (Wildman–Crippen MR) is 50.7 cm³/mol. The Balaban J connectivity index is 3.16. The molecule has 0 spiro atoms. The molecule has 0 saturated carbocycles. The Bertz CT molecular complexity index is 421. The quantitative estimate of drug-likeness (QED) is 0.812. The van der Waals surface area contributed by atoms with Gasteiger partial charge in [-0.2, -0.15) is 0 Å². The van der Waals surface area contributed by atoms with Gasteiger partial charge in [0.25, 0.3) is 0 Å². The third-order valence-corrected chi connectivity index (χ3v) is 3.95. The Hall–Kier alpha value is -1.36. The molecule has 0 radical (unpaired) electrons. The predicted octanol–water partition coefficient (Wildman–Crippen LogP) is 0.933. The van der Waals surface area contributed by atoms with E-state index in [9.17, 15) is 13.2 Å². The van der Waals surface area contributed by atoms with Gasteiger partial charge in [-0.15, -0.1) is 0 Å². The molecule has 0 heterocycles. The van der Waals surface area contributed by atoms with Gasteiger partial charge in [0.1, 0.15) is 0 Å². The summed E-state index contributed by atoms with van der Waals surface area (Å²) in [6, 6.07) is 7.55. The average molecular weight is 214 g/mol. The first-order chi connectivity index (χ1) is 6.46. The van der Waals surface area contributed by atoms with E-state index in [2.05, 4.69) is 0 Å². The number of carboxylic acids is 1. The maximum Gasteiger partial charge on any atom is 0.321 e. The Labute approximate surface area is 82.1 Å². The van der Waals surface area contributed by atoms with Crippen LogP contribution in [0.3, 0.4) is 0 Å². The van der Waals surface area contributed by atoms with Crippen LogP contribution >= 0.6 is 0 Å². The number of rotatable bonds is 3. The third kappa shape index (κ3) is 1.93. The molecule has 0 unspecified atom stereocenters. The zero-order valence-corrected chi connectivity index (χ0v) is 8.36. The van der Waals surface area contributed by atoms with Crippen LogP contribution in [0.25, 0.3) is 0 Å². The van der Waals surface area contributed by atoms with E-state index in [0.29, 0.717) is 0 Å². The number of benzene rings is 1. The van der Waals surface area contributed by atoms with Gasteiger partial charge in [-0.1, -0.05) is 18.2 Å². The summed E-state index contributed by atoms with van der Waals surface area (Å²) in [7, 11) is -3.74. The lowest BCUT2D eigenvalue weighted by Gasteiger charge is -2.07. The maximum absolute atomic E-state index is 11.6. The van der Waals surface area contributed by atoms with Gasteiger partial charge in [0.15, 0.2) is 15.1 Å². The summed E-state index contributed by atoms with van der Waals surface area (Å²) >= 11 is 0. The fourth-order valence-electron chi connectivity index (χ4n) is 0.947. The lowest BCUT2D eigenvalue weighted by atomic mass is 10.4. The van der Waals surface area contributed by atoms with Crippen LogP contribution in [0.2, 0.25) is 0 Å². The van der Waals surface area contributed by atoms with Crippen molar-refractivity contribution in [2.45, 2.75) is 17.1 Å². The number of sulfone groups is 1. The minimum atomic E-state index is -3.74. The summed E-state index contributed by atoms with van der Waals surface area (Å²) in [5, 5.41) is 7.19. The smallest absolute Gasteiger partial charge is 0.321 e. The third-order valence-electron chi connectivity index (χ3n) is 1.88. The number of hydrogen-bond donors (Lipinski definition) is 1. The molecule has 0 aliphatic heterocycles. The molecule has 1 aromatic rings. The number of hydrogen-bond acceptors (Lipinski definition) is 3. The minimum Gasteiger partial charge on any atom is -0.480 e. The van der Waals surface area contributed by atoms with E-state index in [4.69, 9.17) is 5.11 Å². The highest BCUT2D eigenvalue weighted by Crippen LogP contribution is 2.15. The van der Waals surface area contributed by atoms with Gasteiger partial charge in [-0.3, -0.25) is 4.79 Å². The van der Waals surface area contributed by atoms with Gasteiger partial charge in [0.2, 0.25) is 0 Å². The van der Waals surface area contributed by atoms with E-state index in [1.54, 1.807) is 18.2 Å². The van der Waals surface area contributed by atoms with E-state index in [1.165, 1.54) is 12.1 Å². The molecule has 0 aliphatic carbocycles. The maximum atomic E-state index is 11.6. The van der Waals surface area contributed by atoms with Crippen molar-refractivity contribution in [1.82, 2.24) is 0 Å². The fraction of sp³-hybridized carbons (Fsp3) is 0.222. The van der Waals surface area contributed by atoms with Crippen molar-refractivity contribution in [3.05, 3.63) is 30.3 Å². The molecule has 14 heavy (non-hydrogen) atoms. The SMILES string of the molecule is C[C@@H](C(=O)O)S(=O)(=O)c1ccccc1. The first kappa shape index (κ1) is 10.7. The highest BCUT2D eigenvalue weighted by atomic mass is 32.2. The second-order valence-corrected chi connectivity index (χ2v) is 5.11. The van der Waals surface area contributed by atoms with Gasteiger partial charge >= 0.3 is 5.97 Å². The molecule has 1 rings (SSSR count). The van der Waals surface area contributed by atoms with E-state index < -0.39 is 21.1 Å². The Morgan fingerprint density at radius 2 is 1.79 bits per heavy atom. The highest BCUT2D eigenvalue weighted by molar-refractivity contribution is 7.92. The molecule has 4 nitrogen and oxygen atoms in total. The lowest BCUT2D eigenvalue weighted by Crippen LogP contribution is -2.26. The largest absolute Gasteiger partial charge is 0.480 e. The number of carbonyl (C=O) groups is 1. The van der Waals surface area contributed by atoms with Gasteiger partial charge in [0, 0.05) is 0 Å². The number of aliphatic carboxylic acids is 1. The molecule has 1 aromatic carbocycles. The van der Waals surface area contributed by atoms with Gasteiger partial charge in [0.05, 0.1) is 4.90 Å². The standard InChI is InChI=1S/C9H10O4S/c1-7(9(10)11)14(12,13)8-5-3-2-4-6-8/h2-7H,1H3,(H,10,11)/t7-/m0/s1. The van der Waals surface area contributed by atoms with E-state index in [-0.39, 0.29) is 4.90 Å². The van der Waals surface area contributed by atoms with Crippen LogP contribution in [0.15, 0.2) is 35.2 Å². The normalized spacial score (nSPS) is 13.5. The van der Waals surface area contributed by atoms with E-state index in [0.717, 1.165) is 6.92 Å². The molecule has 5 heteroatoms. The second kappa shape index (κ2) is 3.79. The molecule has 1 N–H and O–H groups in total. The fourth-order valence-corrected chi connectivity index (χ4v) is 2.16. The summed E-state index contributed by atoms with van der Waals surface area (Å²) < 4.78 is 23.2. The van der Waals surface area contributed by atoms with Gasteiger partial charge in [-0.25, -0.2) is 8.42 Å². The van der Waals surface area contributed by atoms with Crippen LogP contribution in [0, 0.1) is 0 Å². The van der Waals surface area contributed by atoms with E-state index in [1.807, 2.05) is 0 Å². The van der Waals surface area contributed by atoms with Crippen molar-refractivity contribution >= 4 is 15.8 Å². The summed E-state index contributed by atoms with van der Waals surface area (Å²) in [6.07, 6.45) is 0. The summed E-state index contributed by atoms with van der Waals surface area (Å²) in [6.45, 7) is 1.16. The van der Waals surface area contributed by atoms with E-state index >= 15 is 0 Å². The summed E-state index contributed by atoms with van der Waals surface area (Å²) in [4.78, 5) is 10.6. The molecule has 0 fully saturated rings. The van der Waals surface area contributed by atoms with Crippen LogP contribution in [0.1, 0.15) is 6.92 Å². The molecule has 0 aliphatic rings. The Morgan fingerprint density at radius 3 is 2.21 bits per heavy atom. The molecule has 0 saturated heterocycles. The van der Waals surface area contributed by atoms with Crippen molar-refractivity contribution in [3.8, 4) is 0 Å². The number of carboxylic acid groups (broad SMARTS) is 1. The zero-order valence-electron chi connectivity index (χ0n) is 7.54. The molecular formula is C9H10O4S. The lowest BCUT2D eigenvalue weighted by molar-refractivity contribution is -0.136. The van der Waals surface area contributed by atoms with Crippen molar-refractivity contribution in [2.75, 3.05) is 0 Å². The molecule has 0 aromatic heterocycles. The monoisotopic (exact) mass is 214 g/mol. The average Bonchev–Trinajstić information content (AvgIpc) is 2.18. The highest BCUT2D eigenvalue weighted by Gasteiger charge is 2.28. The zero-order chi connectivity index (χ0) is 10.8. The second-order valence-electron chi connectivity index (χ2n) is 2.84. The van der Waals surface area contributed by atoms with Crippen molar-refractivity contribution in [2.24, 2.45) is 0 Å². The Morgan fingerprint density at radius 1 is 1.29 bits per heavy atom. The molecule has 0 bridgehead atoms. The first-order valence-electron chi connectivity index (χ1n) is 3.98. The van der Waals surface area contributed by atoms with Crippen molar-refractivity contribution in [1.29, 1.82) is 0 Å². The van der Waals surface area contributed by atoms with Crippen LogP contribution in [-0.2, 0) is 14.6 Å². The van der Waals surface area contributed by atoms with Gasteiger partial charge < -0.3 is 5.11 Å². The first-order valence-corrected chi connectivity index (χ1v) is 5.52. The van der Waals surface area contributed by atoms with Crippen LogP contribution in [0.5, 0.6) is 0 Å². The summed E-state index contributed by atoms with van der Waals surface area (Å²) in [5.41, 5.74) is 0. The minimum absolute atomic E-state index is 0.0369.